The molecule has 0 spiro atoms. The zero-order valence-corrected chi connectivity index (χ0v) is 23.2. The van der Waals surface area contributed by atoms with Crippen molar-refractivity contribution in [3.8, 4) is 11.5 Å². The number of hydrogen-bond donors (Lipinski definition) is 1. The van der Waals surface area contributed by atoms with Crippen LogP contribution in [0, 0.1) is 0 Å². The Morgan fingerprint density at radius 1 is 0.778 bits per heavy atom. The van der Waals surface area contributed by atoms with Crippen molar-refractivity contribution < 1.29 is 38.4 Å². The first-order chi connectivity index (χ1) is 17.0. The van der Waals surface area contributed by atoms with Crippen LogP contribution in [0.3, 0.4) is 0 Å². The standard InChI is InChI=1S/C28H46O8/c1-8-34-24-20-21(27(2,3)13-9-11-25(30)35-17-15-32-6)23(29)19-22(24)28(4,5)14-10-12-26(31)36-18-16-33-7/h19-20,29H,8-18H2,1-7H3. The predicted molar refractivity (Wildman–Crippen MR) is 139 cm³/mol. The summed E-state index contributed by atoms with van der Waals surface area (Å²) in [7, 11) is 3.13. The summed E-state index contributed by atoms with van der Waals surface area (Å²) in [6.07, 6.45) is 3.33. The van der Waals surface area contributed by atoms with E-state index in [1.165, 1.54) is 0 Å². The molecular formula is C28H46O8. The summed E-state index contributed by atoms with van der Waals surface area (Å²) in [5.74, 6) is 0.440. The van der Waals surface area contributed by atoms with E-state index in [2.05, 4.69) is 13.8 Å². The van der Waals surface area contributed by atoms with Crippen LogP contribution in [0.25, 0.3) is 0 Å². The van der Waals surface area contributed by atoms with E-state index in [-0.39, 0.29) is 41.7 Å². The second kappa shape index (κ2) is 15.7. The Hall–Kier alpha value is -2.32. The van der Waals surface area contributed by atoms with Crippen LogP contribution in [0.5, 0.6) is 11.5 Å². The molecule has 8 heteroatoms. The Morgan fingerprint density at radius 3 is 1.69 bits per heavy atom. The highest BCUT2D eigenvalue weighted by atomic mass is 16.6. The second-order valence-electron chi connectivity index (χ2n) is 10.2. The summed E-state index contributed by atoms with van der Waals surface area (Å²) in [5.41, 5.74) is 0.969. The lowest BCUT2D eigenvalue weighted by molar-refractivity contribution is -0.146. The number of benzene rings is 1. The van der Waals surface area contributed by atoms with Gasteiger partial charge < -0.3 is 28.8 Å². The van der Waals surface area contributed by atoms with Crippen LogP contribution < -0.4 is 4.74 Å². The van der Waals surface area contributed by atoms with Gasteiger partial charge in [0, 0.05) is 38.2 Å². The number of ether oxygens (including phenoxy) is 5. The van der Waals surface area contributed by atoms with Gasteiger partial charge in [0.2, 0.25) is 0 Å². The van der Waals surface area contributed by atoms with Crippen LogP contribution in [0.4, 0.5) is 0 Å². The molecule has 0 unspecified atom stereocenters. The van der Waals surface area contributed by atoms with Crippen molar-refractivity contribution in [1.82, 2.24) is 0 Å². The molecular weight excluding hydrogens is 464 g/mol. The number of rotatable bonds is 18. The molecule has 0 aliphatic carbocycles. The molecule has 0 saturated heterocycles. The Labute approximate surface area is 216 Å². The van der Waals surface area contributed by atoms with E-state index in [4.69, 9.17) is 23.7 Å². The van der Waals surface area contributed by atoms with Crippen LogP contribution in [0.15, 0.2) is 12.1 Å². The average Bonchev–Trinajstić information content (AvgIpc) is 2.80. The first-order valence-electron chi connectivity index (χ1n) is 12.8. The molecule has 1 aromatic carbocycles. The van der Waals surface area contributed by atoms with Crippen molar-refractivity contribution in [3.05, 3.63) is 23.3 Å². The van der Waals surface area contributed by atoms with Crippen molar-refractivity contribution in [2.45, 2.75) is 84.0 Å². The summed E-state index contributed by atoms with van der Waals surface area (Å²) in [5, 5.41) is 11.0. The number of esters is 2. The molecule has 0 amide bonds. The van der Waals surface area contributed by atoms with Crippen LogP contribution in [-0.4, -0.2) is 64.3 Å². The highest BCUT2D eigenvalue weighted by Crippen LogP contribution is 2.44. The molecule has 0 fully saturated rings. The van der Waals surface area contributed by atoms with Gasteiger partial charge in [-0.05, 0) is 55.6 Å². The minimum atomic E-state index is -0.378. The lowest BCUT2D eigenvalue weighted by Gasteiger charge is -2.31. The van der Waals surface area contributed by atoms with Crippen molar-refractivity contribution in [1.29, 1.82) is 0 Å². The maximum Gasteiger partial charge on any atom is 0.305 e. The van der Waals surface area contributed by atoms with Crippen LogP contribution in [0.1, 0.15) is 84.3 Å². The number of carbonyl (C=O) groups is 2. The fraction of sp³-hybridized carbons (Fsp3) is 0.714. The number of carbonyl (C=O) groups excluding carboxylic acids is 2. The number of aromatic hydroxyl groups is 1. The molecule has 0 radical (unpaired) electrons. The average molecular weight is 511 g/mol. The fourth-order valence-corrected chi connectivity index (χ4v) is 4.15. The quantitative estimate of drug-likeness (QED) is 0.216. The van der Waals surface area contributed by atoms with Crippen LogP contribution >= 0.6 is 0 Å². The predicted octanol–water partition coefficient (Wildman–Crippen LogP) is 5.07. The minimum Gasteiger partial charge on any atom is -0.508 e. The van der Waals surface area contributed by atoms with Crippen molar-refractivity contribution in [2.24, 2.45) is 0 Å². The van der Waals surface area contributed by atoms with Crippen molar-refractivity contribution in [2.75, 3.05) is 47.3 Å². The zero-order chi connectivity index (χ0) is 27.2. The first-order valence-corrected chi connectivity index (χ1v) is 12.8. The third-order valence-corrected chi connectivity index (χ3v) is 6.32. The number of phenols is 1. The van der Waals surface area contributed by atoms with Gasteiger partial charge in [0.1, 0.15) is 24.7 Å². The monoisotopic (exact) mass is 510 g/mol. The lowest BCUT2D eigenvalue weighted by atomic mass is 9.75. The molecule has 1 aromatic rings. The maximum atomic E-state index is 11.9. The van der Waals surface area contributed by atoms with Gasteiger partial charge in [-0.15, -0.1) is 0 Å². The topological polar surface area (TPSA) is 101 Å². The van der Waals surface area contributed by atoms with Gasteiger partial charge in [-0.2, -0.15) is 0 Å². The summed E-state index contributed by atoms with van der Waals surface area (Å²) in [6, 6.07) is 3.71. The molecule has 8 nitrogen and oxygen atoms in total. The second-order valence-corrected chi connectivity index (χ2v) is 10.2. The van der Waals surface area contributed by atoms with Crippen LogP contribution in [0.2, 0.25) is 0 Å². The van der Waals surface area contributed by atoms with E-state index in [9.17, 15) is 14.7 Å². The lowest BCUT2D eigenvalue weighted by Crippen LogP contribution is -2.22. The third-order valence-electron chi connectivity index (χ3n) is 6.32. The van der Waals surface area contributed by atoms with Gasteiger partial charge >= 0.3 is 11.9 Å². The molecule has 1 rings (SSSR count). The van der Waals surface area contributed by atoms with E-state index in [1.807, 2.05) is 26.8 Å². The summed E-state index contributed by atoms with van der Waals surface area (Å²) >= 11 is 0. The highest BCUT2D eigenvalue weighted by molar-refractivity contribution is 5.69. The largest absolute Gasteiger partial charge is 0.508 e. The Balaban J connectivity index is 2.90. The van der Waals surface area contributed by atoms with E-state index in [1.54, 1.807) is 20.3 Å². The van der Waals surface area contributed by atoms with E-state index >= 15 is 0 Å². The fourth-order valence-electron chi connectivity index (χ4n) is 4.15. The maximum absolute atomic E-state index is 11.9. The molecule has 0 aliphatic heterocycles. The normalized spacial score (nSPS) is 11.9. The number of hydrogen-bond acceptors (Lipinski definition) is 8. The number of phenolic OH excluding ortho intramolecular Hbond substituents is 1. The van der Waals surface area contributed by atoms with Gasteiger partial charge in [0.15, 0.2) is 0 Å². The Morgan fingerprint density at radius 2 is 1.25 bits per heavy atom. The molecule has 206 valence electrons. The summed E-state index contributed by atoms with van der Waals surface area (Å²) < 4.78 is 26.1. The van der Waals surface area contributed by atoms with Gasteiger partial charge in [-0.25, -0.2) is 0 Å². The molecule has 1 N–H and O–H groups in total. The highest BCUT2D eigenvalue weighted by Gasteiger charge is 2.30. The Kier molecular flexibility index (Phi) is 13.8. The molecule has 0 atom stereocenters. The van der Waals surface area contributed by atoms with E-state index in [0.717, 1.165) is 23.3 Å². The molecule has 0 saturated carbocycles. The summed E-state index contributed by atoms with van der Waals surface area (Å²) in [4.78, 5) is 23.8. The van der Waals surface area contributed by atoms with Crippen LogP contribution in [-0.2, 0) is 39.4 Å². The minimum absolute atomic E-state index is 0.202. The SMILES string of the molecule is CCOc1cc(C(C)(C)CCCC(=O)OCCOC)c(O)cc1C(C)(C)CCCC(=O)OCCOC. The molecule has 0 bridgehead atoms. The van der Waals surface area contributed by atoms with Gasteiger partial charge in [0.05, 0.1) is 19.8 Å². The zero-order valence-electron chi connectivity index (χ0n) is 23.2. The van der Waals surface area contributed by atoms with Gasteiger partial charge in [-0.3, -0.25) is 9.59 Å². The first kappa shape index (κ1) is 31.7. The van der Waals surface area contributed by atoms with Crippen molar-refractivity contribution in [3.63, 3.8) is 0 Å². The number of methoxy groups -OCH3 is 2. The molecule has 0 aliphatic rings. The molecule has 0 heterocycles. The van der Waals surface area contributed by atoms with E-state index in [0.29, 0.717) is 51.9 Å². The third kappa shape index (κ3) is 10.7. The molecule has 36 heavy (non-hydrogen) atoms. The van der Waals surface area contributed by atoms with E-state index < -0.39 is 0 Å². The van der Waals surface area contributed by atoms with Gasteiger partial charge in [-0.1, -0.05) is 27.7 Å². The molecule has 0 aromatic heterocycles. The smallest absolute Gasteiger partial charge is 0.305 e. The van der Waals surface area contributed by atoms with Gasteiger partial charge in [0.25, 0.3) is 0 Å². The van der Waals surface area contributed by atoms with Crippen molar-refractivity contribution >= 4 is 11.9 Å². The Bertz CT molecular complexity index is 816. The summed E-state index contributed by atoms with van der Waals surface area (Å²) in [6.45, 7) is 12.0.